The second-order valence-electron chi connectivity index (χ2n) is 7.60. The Morgan fingerprint density at radius 2 is 1.96 bits per heavy atom. The van der Waals surface area contributed by atoms with E-state index >= 15 is 0 Å². The maximum absolute atomic E-state index is 12.5. The molecular weight excluding hydrogens is 400 g/mol. The number of aromatic nitrogens is 2. The first kappa shape index (κ1) is 19.3. The average Bonchev–Trinajstić information content (AvgIpc) is 3.31. The van der Waals surface area contributed by atoms with Gasteiger partial charge in [-0.3, -0.25) is 5.32 Å². The number of sulfone groups is 1. The first-order valence-corrected chi connectivity index (χ1v) is 11.6. The Morgan fingerprint density at radius 1 is 1.25 bits per heavy atom. The van der Waals surface area contributed by atoms with Crippen molar-refractivity contribution < 1.29 is 13.2 Å². The Kier molecular flexibility index (Phi) is 5.09. The summed E-state index contributed by atoms with van der Waals surface area (Å²) in [6.07, 6.45) is 2.68. The molecule has 0 radical (unpaired) electrons. The third-order valence-corrected chi connectivity index (χ3v) is 7.27. The van der Waals surface area contributed by atoms with Gasteiger partial charge in [0.2, 0.25) is 0 Å². The molecule has 0 spiro atoms. The molecule has 2 fully saturated rings. The number of benzene rings is 1. The molecule has 2 atom stereocenters. The number of nitrogens with zero attached hydrogens (tertiary/aromatic N) is 2. The van der Waals surface area contributed by atoms with Crippen LogP contribution < -0.4 is 10.6 Å². The molecule has 9 heteroatoms. The summed E-state index contributed by atoms with van der Waals surface area (Å²) < 4.78 is 25.4. The molecule has 2 amide bonds. The quantitative estimate of drug-likeness (QED) is 0.768. The number of amides is 2. The highest BCUT2D eigenvalue weighted by Crippen LogP contribution is 2.41. The Labute approximate surface area is 169 Å². The van der Waals surface area contributed by atoms with E-state index in [0.717, 1.165) is 24.1 Å². The van der Waals surface area contributed by atoms with Crippen LogP contribution in [0.4, 0.5) is 10.6 Å². The van der Waals surface area contributed by atoms with E-state index in [4.69, 9.17) is 11.6 Å². The van der Waals surface area contributed by atoms with Crippen molar-refractivity contribution in [2.75, 3.05) is 16.8 Å². The van der Waals surface area contributed by atoms with Crippen LogP contribution in [0.5, 0.6) is 0 Å². The van der Waals surface area contributed by atoms with Crippen LogP contribution in [-0.2, 0) is 9.84 Å². The average molecular weight is 423 g/mol. The highest BCUT2D eigenvalue weighted by atomic mass is 35.5. The molecule has 2 aromatic rings. The van der Waals surface area contributed by atoms with Crippen LogP contribution in [0.2, 0.25) is 5.02 Å². The number of carbonyl (C=O) groups is 1. The Morgan fingerprint density at radius 3 is 2.57 bits per heavy atom. The minimum absolute atomic E-state index is 0.0657. The number of rotatable bonds is 5. The van der Waals surface area contributed by atoms with Crippen LogP contribution >= 0.6 is 11.6 Å². The van der Waals surface area contributed by atoms with Crippen LogP contribution in [0.1, 0.15) is 55.4 Å². The first-order chi connectivity index (χ1) is 13.3. The second-order valence-corrected chi connectivity index (χ2v) is 10.3. The van der Waals surface area contributed by atoms with E-state index in [-0.39, 0.29) is 29.6 Å². The summed E-state index contributed by atoms with van der Waals surface area (Å²) in [6.45, 7) is 1.89. The normalized spacial score (nSPS) is 22.0. The van der Waals surface area contributed by atoms with E-state index < -0.39 is 9.84 Å². The molecule has 1 aliphatic heterocycles. The van der Waals surface area contributed by atoms with E-state index in [1.165, 1.54) is 0 Å². The van der Waals surface area contributed by atoms with Crippen molar-refractivity contribution >= 4 is 33.3 Å². The molecule has 4 rings (SSSR count). The van der Waals surface area contributed by atoms with Gasteiger partial charge in [-0.05, 0) is 43.9 Å². The zero-order valence-electron chi connectivity index (χ0n) is 15.6. The topological polar surface area (TPSA) is 93.1 Å². The smallest absolute Gasteiger partial charge is 0.320 e. The first-order valence-electron chi connectivity index (χ1n) is 9.43. The van der Waals surface area contributed by atoms with Gasteiger partial charge in [-0.1, -0.05) is 23.7 Å². The number of hydrogen-bond donors (Lipinski definition) is 2. The van der Waals surface area contributed by atoms with Gasteiger partial charge >= 0.3 is 6.03 Å². The third-order valence-electron chi connectivity index (χ3n) is 5.26. The van der Waals surface area contributed by atoms with Gasteiger partial charge in [-0.15, -0.1) is 0 Å². The van der Waals surface area contributed by atoms with E-state index in [9.17, 15) is 13.2 Å². The van der Waals surface area contributed by atoms with Gasteiger partial charge in [0.25, 0.3) is 0 Å². The molecule has 1 aliphatic carbocycles. The molecule has 1 aromatic heterocycles. The highest BCUT2D eigenvalue weighted by Gasteiger charge is 2.34. The second kappa shape index (κ2) is 7.40. The largest absolute Gasteiger partial charge is 0.331 e. The van der Waals surface area contributed by atoms with E-state index in [2.05, 4.69) is 15.7 Å². The number of carbonyl (C=O) groups excluding carboxylic acids is 1. The van der Waals surface area contributed by atoms with Crippen LogP contribution in [0.15, 0.2) is 30.3 Å². The molecule has 2 unspecified atom stereocenters. The molecule has 0 bridgehead atoms. The fourth-order valence-electron chi connectivity index (χ4n) is 3.52. The number of halogens is 1. The van der Waals surface area contributed by atoms with Crippen molar-refractivity contribution in [2.45, 2.75) is 44.2 Å². The maximum atomic E-state index is 12.5. The Hall–Kier alpha value is -2.06. The van der Waals surface area contributed by atoms with Crippen molar-refractivity contribution in [3.05, 3.63) is 46.6 Å². The van der Waals surface area contributed by atoms with Crippen LogP contribution in [0, 0.1) is 0 Å². The molecule has 2 N–H and O–H groups in total. The van der Waals surface area contributed by atoms with Gasteiger partial charge in [-0.25, -0.2) is 17.9 Å². The highest BCUT2D eigenvalue weighted by molar-refractivity contribution is 7.91. The maximum Gasteiger partial charge on any atom is 0.320 e. The lowest BCUT2D eigenvalue weighted by Gasteiger charge is -2.17. The third kappa shape index (κ3) is 4.33. The summed E-state index contributed by atoms with van der Waals surface area (Å²) >= 11 is 5.91. The van der Waals surface area contributed by atoms with E-state index in [1.54, 1.807) is 16.8 Å². The van der Waals surface area contributed by atoms with Crippen molar-refractivity contribution in [3.63, 3.8) is 0 Å². The van der Waals surface area contributed by atoms with Crippen molar-refractivity contribution in [3.8, 4) is 0 Å². The van der Waals surface area contributed by atoms with Crippen molar-refractivity contribution in [1.82, 2.24) is 15.1 Å². The number of nitrogens with one attached hydrogen (secondary N) is 2. The summed E-state index contributed by atoms with van der Waals surface area (Å²) in [4.78, 5) is 12.5. The molecule has 1 saturated heterocycles. The van der Waals surface area contributed by atoms with E-state index in [1.807, 2.05) is 25.1 Å². The van der Waals surface area contributed by atoms with Gasteiger partial charge in [0, 0.05) is 17.0 Å². The standard InChI is InChI=1S/C19H23ClN4O3S/c1-12(13-4-6-15(20)7-5-13)21-19(25)22-18-10-17(14-2-3-14)23-24(18)16-8-9-28(26,27)11-16/h4-7,10,12,14,16H,2-3,8-9,11H2,1H3,(H2,21,22,25). The lowest BCUT2D eigenvalue weighted by molar-refractivity contribution is 0.249. The van der Waals surface area contributed by atoms with Gasteiger partial charge in [0.1, 0.15) is 5.82 Å². The molecular formula is C19H23ClN4O3S. The van der Waals surface area contributed by atoms with E-state index in [0.29, 0.717) is 23.2 Å². The number of hydrogen-bond acceptors (Lipinski definition) is 4. The zero-order chi connectivity index (χ0) is 19.9. The van der Waals surface area contributed by atoms with Gasteiger partial charge in [0.15, 0.2) is 9.84 Å². The van der Waals surface area contributed by atoms with Gasteiger partial charge in [-0.2, -0.15) is 5.10 Å². The lowest BCUT2D eigenvalue weighted by atomic mass is 10.1. The van der Waals surface area contributed by atoms with Crippen LogP contribution in [-0.4, -0.2) is 35.7 Å². The lowest BCUT2D eigenvalue weighted by Crippen LogP contribution is -2.32. The monoisotopic (exact) mass is 422 g/mol. The predicted octanol–water partition coefficient (Wildman–Crippen LogP) is 3.66. The molecule has 28 heavy (non-hydrogen) atoms. The summed E-state index contributed by atoms with van der Waals surface area (Å²) in [5, 5.41) is 11.0. The summed E-state index contributed by atoms with van der Waals surface area (Å²) in [5.41, 5.74) is 1.86. The predicted molar refractivity (Wildman–Crippen MR) is 109 cm³/mol. The fraction of sp³-hybridized carbons (Fsp3) is 0.474. The Balaban J connectivity index is 1.48. The van der Waals surface area contributed by atoms with Gasteiger partial charge in [0.05, 0.1) is 29.3 Å². The van der Waals surface area contributed by atoms with Crippen LogP contribution in [0.25, 0.3) is 0 Å². The molecule has 2 heterocycles. The molecule has 2 aliphatic rings. The zero-order valence-corrected chi connectivity index (χ0v) is 17.1. The fourth-order valence-corrected chi connectivity index (χ4v) is 5.33. The van der Waals surface area contributed by atoms with Gasteiger partial charge < -0.3 is 5.32 Å². The summed E-state index contributed by atoms with van der Waals surface area (Å²) in [5.74, 6) is 1.19. The molecule has 150 valence electrons. The molecule has 1 saturated carbocycles. The summed E-state index contributed by atoms with van der Waals surface area (Å²) in [7, 11) is -3.04. The van der Waals surface area contributed by atoms with Crippen molar-refractivity contribution in [2.24, 2.45) is 0 Å². The minimum Gasteiger partial charge on any atom is -0.331 e. The summed E-state index contributed by atoms with van der Waals surface area (Å²) in [6, 6.07) is 8.37. The molecule has 1 aromatic carbocycles. The minimum atomic E-state index is -3.04. The molecule has 7 nitrogen and oxygen atoms in total. The number of urea groups is 1. The van der Waals surface area contributed by atoms with Crippen molar-refractivity contribution in [1.29, 1.82) is 0 Å². The van der Waals surface area contributed by atoms with Crippen LogP contribution in [0.3, 0.4) is 0 Å². The Bertz CT molecular complexity index is 983. The number of anilines is 1. The SMILES string of the molecule is CC(NC(=O)Nc1cc(C2CC2)nn1C1CCS(=O)(=O)C1)c1ccc(Cl)cc1.